The molecule has 0 saturated carbocycles. The van der Waals surface area contributed by atoms with Gasteiger partial charge in [-0.3, -0.25) is 4.79 Å². The lowest BCUT2D eigenvalue weighted by Gasteiger charge is -2.22. The van der Waals surface area contributed by atoms with E-state index in [1.807, 2.05) is 52.3 Å². The molecule has 0 heterocycles. The molecule has 1 unspecified atom stereocenters. The van der Waals surface area contributed by atoms with Crippen molar-refractivity contribution >= 4 is 17.3 Å². The van der Waals surface area contributed by atoms with Crippen molar-refractivity contribution in [3.63, 3.8) is 0 Å². The van der Waals surface area contributed by atoms with Crippen LogP contribution in [0.3, 0.4) is 0 Å². The molecule has 0 spiro atoms. The molecule has 25 heavy (non-hydrogen) atoms. The zero-order chi connectivity index (χ0) is 18.4. The zero-order valence-corrected chi connectivity index (χ0v) is 15.7. The van der Waals surface area contributed by atoms with Gasteiger partial charge in [-0.05, 0) is 31.2 Å². The van der Waals surface area contributed by atoms with E-state index in [1.54, 1.807) is 7.11 Å². The summed E-state index contributed by atoms with van der Waals surface area (Å²) in [4.78, 5) is 15.8. The van der Waals surface area contributed by atoms with E-state index in [0.717, 1.165) is 11.4 Å². The van der Waals surface area contributed by atoms with Gasteiger partial charge in [-0.15, -0.1) is 0 Å². The number of carbonyl (C=O) groups is 1. The molecule has 2 aromatic rings. The minimum absolute atomic E-state index is 0.0214. The summed E-state index contributed by atoms with van der Waals surface area (Å²) >= 11 is 0. The summed E-state index contributed by atoms with van der Waals surface area (Å²) in [5.41, 5.74) is 3.08. The molecule has 0 aliphatic carbocycles. The number of carbonyl (C=O) groups excluding carboxylic acids is 1. The van der Waals surface area contributed by atoms with E-state index in [9.17, 15) is 4.79 Å². The van der Waals surface area contributed by atoms with Crippen molar-refractivity contribution in [3.8, 4) is 5.75 Å². The first-order valence-electron chi connectivity index (χ1n) is 8.45. The van der Waals surface area contributed by atoms with Gasteiger partial charge in [0.25, 0.3) is 5.91 Å². The van der Waals surface area contributed by atoms with E-state index in [4.69, 9.17) is 4.74 Å². The summed E-state index contributed by atoms with van der Waals surface area (Å²) in [7, 11) is 7.68. The van der Waals surface area contributed by atoms with Gasteiger partial charge in [0.15, 0.2) is 6.04 Å². The number of para-hydroxylation sites is 2. The Balaban J connectivity index is 1.98. The van der Waals surface area contributed by atoms with Crippen molar-refractivity contribution in [1.82, 2.24) is 0 Å². The largest absolute Gasteiger partial charge is 0.495 e. The van der Waals surface area contributed by atoms with Crippen LogP contribution in [-0.2, 0) is 11.3 Å². The lowest BCUT2D eigenvalue weighted by molar-refractivity contribution is -0.907. The Bertz CT molecular complexity index is 698. The number of hydrogen-bond donors (Lipinski definition) is 2. The van der Waals surface area contributed by atoms with Crippen LogP contribution in [-0.4, -0.2) is 40.2 Å². The minimum Gasteiger partial charge on any atom is -0.495 e. The van der Waals surface area contributed by atoms with Crippen LogP contribution in [0.25, 0.3) is 0 Å². The maximum absolute atomic E-state index is 12.6. The van der Waals surface area contributed by atoms with Gasteiger partial charge in [0.05, 0.1) is 19.8 Å². The summed E-state index contributed by atoms with van der Waals surface area (Å²) in [6.45, 7) is 2.72. The van der Waals surface area contributed by atoms with E-state index < -0.39 is 0 Å². The molecule has 0 aliphatic heterocycles. The van der Waals surface area contributed by atoms with E-state index in [2.05, 4.69) is 34.5 Å². The molecule has 2 aromatic carbocycles. The first-order valence-corrected chi connectivity index (χ1v) is 8.45. The summed E-state index contributed by atoms with van der Waals surface area (Å²) in [5.74, 6) is 0.645. The molecule has 0 aliphatic rings. The number of methoxy groups -OCH3 is 1. The fourth-order valence-corrected chi connectivity index (χ4v) is 2.60. The highest BCUT2D eigenvalue weighted by Gasteiger charge is 2.22. The molecule has 2 atom stereocenters. The van der Waals surface area contributed by atoms with Crippen molar-refractivity contribution in [2.75, 3.05) is 38.5 Å². The van der Waals surface area contributed by atoms with Gasteiger partial charge in [-0.25, -0.2) is 0 Å². The van der Waals surface area contributed by atoms with Crippen LogP contribution in [0, 0.1) is 0 Å². The van der Waals surface area contributed by atoms with Gasteiger partial charge in [-0.2, -0.15) is 0 Å². The Morgan fingerprint density at radius 1 is 1.16 bits per heavy atom. The molecule has 0 saturated heterocycles. The molecular weight excluding hydrogens is 314 g/mol. The molecule has 134 valence electrons. The van der Waals surface area contributed by atoms with Crippen molar-refractivity contribution in [2.45, 2.75) is 19.5 Å². The third-order valence-electron chi connectivity index (χ3n) is 4.43. The topological polar surface area (TPSA) is 46.0 Å². The number of amides is 1. The Morgan fingerprint density at radius 2 is 1.80 bits per heavy atom. The summed E-state index contributed by atoms with van der Waals surface area (Å²) in [6.07, 6.45) is 0. The average Bonchev–Trinajstić information content (AvgIpc) is 2.61. The van der Waals surface area contributed by atoms with Gasteiger partial charge in [0, 0.05) is 25.3 Å². The highest BCUT2D eigenvalue weighted by molar-refractivity contribution is 5.94. The molecule has 2 N–H and O–H groups in total. The van der Waals surface area contributed by atoms with Gasteiger partial charge in [0.2, 0.25) is 0 Å². The summed E-state index contributed by atoms with van der Waals surface area (Å²) in [6, 6.07) is 15.7. The molecule has 5 nitrogen and oxygen atoms in total. The molecular formula is C20H28N3O2+. The quantitative estimate of drug-likeness (QED) is 0.807. The van der Waals surface area contributed by atoms with Crippen LogP contribution in [0.5, 0.6) is 5.75 Å². The second kappa shape index (κ2) is 8.53. The van der Waals surface area contributed by atoms with Crippen molar-refractivity contribution < 1.29 is 14.4 Å². The second-order valence-electron chi connectivity index (χ2n) is 6.50. The number of rotatable bonds is 7. The number of nitrogens with one attached hydrogen (secondary N) is 2. The van der Waals surface area contributed by atoms with E-state index in [1.165, 1.54) is 11.3 Å². The smallest absolute Gasteiger partial charge is 0.282 e. The molecule has 2 rings (SSSR count). The number of likely N-dealkylation sites (N-methyl/N-ethyl adjacent to an activating group) is 1. The predicted octanol–water partition coefficient (Wildman–Crippen LogP) is 1.80. The molecule has 5 heteroatoms. The SMILES string of the molecule is COc1ccccc1NC(=O)[C@@H](C)[NH+](C)Cc1ccc(N(C)C)cc1. The fraction of sp³-hybridized carbons (Fsp3) is 0.350. The molecule has 0 bridgehead atoms. The monoisotopic (exact) mass is 342 g/mol. The Labute approximate surface area is 150 Å². The predicted molar refractivity (Wildman–Crippen MR) is 102 cm³/mol. The highest BCUT2D eigenvalue weighted by Crippen LogP contribution is 2.22. The maximum Gasteiger partial charge on any atom is 0.282 e. The van der Waals surface area contributed by atoms with Crippen LogP contribution in [0.1, 0.15) is 12.5 Å². The van der Waals surface area contributed by atoms with Gasteiger partial charge >= 0.3 is 0 Å². The normalized spacial score (nSPS) is 13.0. The third kappa shape index (κ3) is 4.97. The number of benzene rings is 2. The van der Waals surface area contributed by atoms with Crippen molar-refractivity contribution in [2.24, 2.45) is 0 Å². The number of anilines is 2. The number of hydrogen-bond acceptors (Lipinski definition) is 3. The zero-order valence-electron chi connectivity index (χ0n) is 15.7. The maximum atomic E-state index is 12.6. The Morgan fingerprint density at radius 3 is 2.40 bits per heavy atom. The molecule has 0 aromatic heterocycles. The lowest BCUT2D eigenvalue weighted by Crippen LogP contribution is -3.12. The minimum atomic E-state index is -0.182. The van der Waals surface area contributed by atoms with Crippen molar-refractivity contribution in [3.05, 3.63) is 54.1 Å². The molecule has 0 radical (unpaired) electrons. The van der Waals surface area contributed by atoms with Crippen LogP contribution in [0.2, 0.25) is 0 Å². The second-order valence-corrected chi connectivity index (χ2v) is 6.50. The van der Waals surface area contributed by atoms with Gasteiger partial charge < -0.3 is 19.9 Å². The average molecular weight is 342 g/mol. The Hall–Kier alpha value is -2.53. The van der Waals surface area contributed by atoms with E-state index >= 15 is 0 Å². The summed E-state index contributed by atoms with van der Waals surface area (Å²) < 4.78 is 5.29. The standard InChI is InChI=1S/C20H27N3O2/c1-15(20(24)21-18-8-6-7-9-19(18)25-5)23(4)14-16-10-12-17(13-11-16)22(2)3/h6-13,15H,14H2,1-5H3,(H,21,24)/p+1/t15-/m1/s1. The van der Waals surface area contributed by atoms with Crippen LogP contribution >= 0.6 is 0 Å². The molecule has 1 amide bonds. The van der Waals surface area contributed by atoms with Crippen LogP contribution in [0.15, 0.2) is 48.5 Å². The van der Waals surface area contributed by atoms with E-state index in [0.29, 0.717) is 11.4 Å². The highest BCUT2D eigenvalue weighted by atomic mass is 16.5. The first kappa shape index (κ1) is 18.8. The number of ether oxygens (including phenoxy) is 1. The van der Waals surface area contributed by atoms with Gasteiger partial charge in [-0.1, -0.05) is 24.3 Å². The number of nitrogens with zero attached hydrogens (tertiary/aromatic N) is 1. The first-order chi connectivity index (χ1) is 11.9. The fourth-order valence-electron chi connectivity index (χ4n) is 2.60. The Kier molecular flexibility index (Phi) is 6.42. The van der Waals surface area contributed by atoms with E-state index in [-0.39, 0.29) is 11.9 Å². The van der Waals surface area contributed by atoms with Crippen molar-refractivity contribution in [1.29, 1.82) is 0 Å². The lowest BCUT2D eigenvalue weighted by atomic mass is 10.1. The van der Waals surface area contributed by atoms with Gasteiger partial charge in [0.1, 0.15) is 12.3 Å². The molecule has 0 fully saturated rings. The number of quaternary nitrogens is 1. The third-order valence-corrected chi connectivity index (χ3v) is 4.43. The van der Waals surface area contributed by atoms with Crippen LogP contribution in [0.4, 0.5) is 11.4 Å². The van der Waals surface area contributed by atoms with Crippen LogP contribution < -0.4 is 19.9 Å². The summed E-state index contributed by atoms with van der Waals surface area (Å²) in [5, 5.41) is 2.96.